The minimum atomic E-state index is -1.09. The van der Waals surface area contributed by atoms with Crippen LogP contribution in [0.2, 0.25) is 0 Å². The van der Waals surface area contributed by atoms with Crippen molar-refractivity contribution in [3.63, 3.8) is 0 Å². The number of amides is 1. The molecule has 2 aromatic rings. The minimum absolute atomic E-state index is 0.0527. The molecule has 1 aliphatic heterocycles. The van der Waals surface area contributed by atoms with Crippen molar-refractivity contribution in [3.8, 4) is 0 Å². The maximum Gasteiger partial charge on any atom is 0.255 e. The molecule has 1 aliphatic rings. The molecule has 3 rings (SSSR count). The van der Waals surface area contributed by atoms with Crippen molar-refractivity contribution in [2.24, 2.45) is 0 Å². The molecule has 4 nitrogen and oxygen atoms in total. The van der Waals surface area contributed by atoms with Gasteiger partial charge in [-0.05, 0) is 24.1 Å². The Morgan fingerprint density at radius 2 is 1.74 bits per heavy atom. The number of fused-ring (bicyclic) bond motifs is 1. The summed E-state index contributed by atoms with van der Waals surface area (Å²) in [6.45, 7) is 2.79. The van der Waals surface area contributed by atoms with Crippen LogP contribution in [0.4, 0.5) is 5.69 Å². The van der Waals surface area contributed by atoms with Gasteiger partial charge in [0.15, 0.2) is 5.72 Å². The van der Waals surface area contributed by atoms with Gasteiger partial charge in [-0.25, -0.2) is 0 Å². The monoisotopic (exact) mass is 310 g/mol. The Balaban J connectivity index is 2.11. The molecule has 120 valence electrons. The van der Waals surface area contributed by atoms with Crippen LogP contribution < -0.4 is 4.90 Å². The minimum Gasteiger partial charge on any atom is -0.369 e. The second-order valence-electron chi connectivity index (χ2n) is 6.09. The van der Waals surface area contributed by atoms with Gasteiger partial charge in [-0.15, -0.1) is 0 Å². The number of likely N-dealkylation sites (N-methyl/N-ethyl adjacent to an activating group) is 1. The van der Waals surface area contributed by atoms with Gasteiger partial charge >= 0.3 is 0 Å². The van der Waals surface area contributed by atoms with Crippen molar-refractivity contribution in [2.45, 2.75) is 25.6 Å². The lowest BCUT2D eigenvalue weighted by atomic mass is 10.0. The maximum absolute atomic E-state index is 12.6. The Kier molecular flexibility index (Phi) is 4.09. The van der Waals surface area contributed by atoms with E-state index in [1.165, 1.54) is 0 Å². The number of anilines is 1. The molecule has 1 heterocycles. The summed E-state index contributed by atoms with van der Waals surface area (Å²) < 4.78 is 0. The highest BCUT2D eigenvalue weighted by Crippen LogP contribution is 2.34. The molecule has 0 fully saturated rings. The molecule has 1 N–H and O–H groups in total. The first-order valence-corrected chi connectivity index (χ1v) is 7.93. The average molecular weight is 310 g/mol. The van der Waals surface area contributed by atoms with Crippen LogP contribution >= 0.6 is 0 Å². The van der Waals surface area contributed by atoms with E-state index in [9.17, 15) is 9.90 Å². The number of carbonyl (C=O) groups is 1. The number of hydrogen-bond acceptors (Lipinski definition) is 3. The molecule has 0 spiro atoms. The molecule has 0 saturated carbocycles. The average Bonchev–Trinajstić information content (AvgIpc) is 2.66. The third kappa shape index (κ3) is 2.82. The van der Waals surface area contributed by atoms with Gasteiger partial charge in [0.05, 0.1) is 17.8 Å². The van der Waals surface area contributed by atoms with Gasteiger partial charge < -0.3 is 14.9 Å². The van der Waals surface area contributed by atoms with E-state index in [4.69, 9.17) is 0 Å². The van der Waals surface area contributed by atoms with E-state index in [-0.39, 0.29) is 12.5 Å². The standard InChI is InChI=1S/C19H22N2O2/c1-3-19(23)14-20(2)18(22)16-11-7-8-12-17(16)21(19)13-15-9-5-4-6-10-15/h4-12,23H,3,13-14H2,1-2H3. The molecule has 1 amide bonds. The van der Waals surface area contributed by atoms with Crippen LogP contribution in [-0.2, 0) is 6.54 Å². The van der Waals surface area contributed by atoms with Crippen LogP contribution in [-0.4, -0.2) is 35.2 Å². The second-order valence-corrected chi connectivity index (χ2v) is 6.09. The summed E-state index contributed by atoms with van der Waals surface area (Å²) in [6, 6.07) is 17.5. The Morgan fingerprint density at radius 1 is 1.09 bits per heavy atom. The van der Waals surface area contributed by atoms with Gasteiger partial charge in [-0.3, -0.25) is 4.79 Å². The number of β-amino-alcohol motifs (C(OH)–C–C–N with tert-alkyl or cyclic N) is 1. The highest BCUT2D eigenvalue weighted by Gasteiger charge is 2.40. The van der Waals surface area contributed by atoms with Crippen LogP contribution in [0.15, 0.2) is 54.6 Å². The predicted octanol–water partition coefficient (Wildman–Crippen LogP) is 2.88. The van der Waals surface area contributed by atoms with E-state index in [0.717, 1.165) is 11.3 Å². The van der Waals surface area contributed by atoms with Crippen molar-refractivity contribution in [3.05, 3.63) is 65.7 Å². The lowest BCUT2D eigenvalue weighted by molar-refractivity contribution is 0.00650. The van der Waals surface area contributed by atoms with Crippen molar-refractivity contribution in [1.29, 1.82) is 0 Å². The maximum atomic E-state index is 12.6. The molecule has 1 unspecified atom stereocenters. The third-order valence-electron chi connectivity index (χ3n) is 4.51. The van der Waals surface area contributed by atoms with E-state index < -0.39 is 5.72 Å². The number of benzene rings is 2. The van der Waals surface area contributed by atoms with E-state index in [1.54, 1.807) is 11.9 Å². The predicted molar refractivity (Wildman–Crippen MR) is 91.3 cm³/mol. The molecule has 1 atom stereocenters. The zero-order chi connectivity index (χ0) is 16.4. The molecule has 0 aromatic heterocycles. The van der Waals surface area contributed by atoms with Gasteiger partial charge in [0.25, 0.3) is 5.91 Å². The summed E-state index contributed by atoms with van der Waals surface area (Å²) in [6.07, 6.45) is 0.534. The molecule has 23 heavy (non-hydrogen) atoms. The molecule has 0 aliphatic carbocycles. The number of rotatable bonds is 3. The number of para-hydroxylation sites is 1. The molecule has 0 saturated heterocycles. The van der Waals surface area contributed by atoms with E-state index in [2.05, 4.69) is 0 Å². The van der Waals surface area contributed by atoms with E-state index >= 15 is 0 Å². The SMILES string of the molecule is CCC1(O)CN(C)C(=O)c2ccccc2N1Cc1ccccc1. The number of nitrogens with zero attached hydrogens (tertiary/aromatic N) is 2. The number of aliphatic hydroxyl groups is 1. The molecule has 0 bridgehead atoms. The largest absolute Gasteiger partial charge is 0.369 e. The second kappa shape index (κ2) is 6.05. The van der Waals surface area contributed by atoms with Crippen LogP contribution in [0.5, 0.6) is 0 Å². The van der Waals surface area contributed by atoms with Gasteiger partial charge in [0.1, 0.15) is 0 Å². The van der Waals surface area contributed by atoms with Gasteiger partial charge in [-0.2, -0.15) is 0 Å². The fourth-order valence-corrected chi connectivity index (χ4v) is 3.16. The van der Waals surface area contributed by atoms with Crippen molar-refractivity contribution >= 4 is 11.6 Å². The molecular weight excluding hydrogens is 288 g/mol. The van der Waals surface area contributed by atoms with Gasteiger partial charge in [0.2, 0.25) is 0 Å². The number of carbonyl (C=O) groups excluding carboxylic acids is 1. The lowest BCUT2D eigenvalue weighted by Crippen LogP contribution is -2.54. The third-order valence-corrected chi connectivity index (χ3v) is 4.51. The fraction of sp³-hybridized carbons (Fsp3) is 0.316. The van der Waals surface area contributed by atoms with Crippen LogP contribution in [0.3, 0.4) is 0 Å². The summed E-state index contributed by atoms with van der Waals surface area (Å²) in [5.41, 5.74) is 1.43. The summed E-state index contributed by atoms with van der Waals surface area (Å²) in [5, 5.41) is 11.2. The lowest BCUT2D eigenvalue weighted by Gasteiger charge is -2.41. The van der Waals surface area contributed by atoms with Gasteiger partial charge in [0, 0.05) is 13.6 Å². The fourth-order valence-electron chi connectivity index (χ4n) is 3.16. The highest BCUT2D eigenvalue weighted by molar-refractivity contribution is 6.00. The first kappa shape index (κ1) is 15.6. The highest BCUT2D eigenvalue weighted by atomic mass is 16.3. The summed E-state index contributed by atoms with van der Waals surface area (Å²) >= 11 is 0. The normalized spacial score (nSPS) is 21.1. The smallest absolute Gasteiger partial charge is 0.255 e. The topological polar surface area (TPSA) is 43.8 Å². The molecule has 2 aromatic carbocycles. The van der Waals surface area contributed by atoms with Crippen molar-refractivity contribution in [2.75, 3.05) is 18.5 Å². The Hall–Kier alpha value is -2.33. The summed E-state index contributed by atoms with van der Waals surface area (Å²) in [7, 11) is 1.74. The molecule has 4 heteroatoms. The Morgan fingerprint density at radius 3 is 2.43 bits per heavy atom. The summed E-state index contributed by atoms with van der Waals surface area (Å²) in [4.78, 5) is 16.2. The van der Waals surface area contributed by atoms with Crippen LogP contribution in [0, 0.1) is 0 Å². The Labute approximate surface area is 137 Å². The first-order valence-electron chi connectivity index (χ1n) is 7.93. The summed E-state index contributed by atoms with van der Waals surface area (Å²) in [5.74, 6) is -0.0527. The first-order chi connectivity index (χ1) is 11.0. The molecule has 0 radical (unpaired) electrons. The van der Waals surface area contributed by atoms with Gasteiger partial charge in [-0.1, -0.05) is 49.4 Å². The zero-order valence-corrected chi connectivity index (χ0v) is 13.6. The quantitative estimate of drug-likeness (QED) is 0.948. The van der Waals surface area contributed by atoms with Crippen molar-refractivity contribution < 1.29 is 9.90 Å². The molecular formula is C19H22N2O2. The zero-order valence-electron chi connectivity index (χ0n) is 13.6. The Bertz CT molecular complexity index is 702. The van der Waals surface area contributed by atoms with Crippen molar-refractivity contribution in [1.82, 2.24) is 4.90 Å². The van der Waals surface area contributed by atoms with E-state index in [1.807, 2.05) is 66.4 Å². The van der Waals surface area contributed by atoms with Crippen LogP contribution in [0.1, 0.15) is 29.3 Å². The van der Waals surface area contributed by atoms with E-state index in [0.29, 0.717) is 18.5 Å². The number of hydrogen-bond donors (Lipinski definition) is 1. The van der Waals surface area contributed by atoms with Crippen LogP contribution in [0.25, 0.3) is 0 Å².